The molecule has 18 heavy (non-hydrogen) atoms. The second-order valence-electron chi connectivity index (χ2n) is 4.65. The third-order valence-corrected chi connectivity index (χ3v) is 3.44. The van der Waals surface area contributed by atoms with Gasteiger partial charge in [0.05, 0.1) is 6.04 Å². The topological polar surface area (TPSA) is 46.3 Å². The molecule has 0 radical (unpaired) electrons. The quantitative estimate of drug-likeness (QED) is 0.833. The maximum atomic E-state index is 13.8. The molecule has 98 valence electrons. The van der Waals surface area contributed by atoms with Crippen molar-refractivity contribution in [3.8, 4) is 0 Å². The number of benzene rings is 1. The van der Waals surface area contributed by atoms with Crippen molar-refractivity contribution in [2.24, 2.45) is 5.73 Å². The maximum Gasteiger partial charge on any atom is 0.222 e. The van der Waals surface area contributed by atoms with Gasteiger partial charge in [0.2, 0.25) is 5.91 Å². The molecule has 0 aromatic heterocycles. The molecule has 0 aliphatic carbocycles. The van der Waals surface area contributed by atoms with Gasteiger partial charge in [-0.15, -0.1) is 0 Å². The molecule has 2 N–H and O–H groups in total. The van der Waals surface area contributed by atoms with Crippen molar-refractivity contribution in [2.45, 2.75) is 31.3 Å². The van der Waals surface area contributed by atoms with E-state index in [4.69, 9.17) is 5.73 Å². The number of rotatable bonds is 1. The van der Waals surface area contributed by atoms with Gasteiger partial charge in [-0.25, -0.2) is 8.78 Å². The minimum atomic E-state index is -0.917. The number of likely N-dealkylation sites (tertiary alicyclic amines) is 1. The first-order valence-electron chi connectivity index (χ1n) is 5.97. The summed E-state index contributed by atoms with van der Waals surface area (Å²) in [6.45, 7) is 0. The lowest BCUT2D eigenvalue weighted by Crippen LogP contribution is -2.40. The van der Waals surface area contributed by atoms with Crippen LogP contribution in [0.4, 0.5) is 8.78 Å². The van der Waals surface area contributed by atoms with Gasteiger partial charge in [-0.1, -0.05) is 12.1 Å². The minimum Gasteiger partial charge on any atom is -0.337 e. The Balaban J connectivity index is 2.45. The van der Waals surface area contributed by atoms with Crippen molar-refractivity contribution in [3.63, 3.8) is 0 Å². The van der Waals surface area contributed by atoms with Crippen molar-refractivity contribution < 1.29 is 13.6 Å². The van der Waals surface area contributed by atoms with E-state index in [2.05, 4.69) is 0 Å². The summed E-state index contributed by atoms with van der Waals surface area (Å²) in [5, 5.41) is 0. The van der Waals surface area contributed by atoms with E-state index in [9.17, 15) is 13.6 Å². The van der Waals surface area contributed by atoms with Gasteiger partial charge in [-0.3, -0.25) is 4.79 Å². The lowest BCUT2D eigenvalue weighted by Gasteiger charge is -2.31. The van der Waals surface area contributed by atoms with E-state index in [0.717, 1.165) is 6.07 Å². The molecular weight excluding hydrogens is 238 g/mol. The first kappa shape index (κ1) is 13.0. The summed E-state index contributed by atoms with van der Waals surface area (Å²) < 4.78 is 27.1. The Labute approximate surface area is 105 Å². The monoisotopic (exact) mass is 254 g/mol. The molecule has 3 nitrogen and oxygen atoms in total. The number of amides is 1. The SMILES string of the molecule is CN1C(=O)CCCC(N)C1c1cccc(F)c1F. The number of likely N-dealkylation sites (N-methyl/N-ethyl adjacent to an activating group) is 1. The average molecular weight is 254 g/mol. The third-order valence-electron chi connectivity index (χ3n) is 3.44. The van der Waals surface area contributed by atoms with Crippen LogP contribution in [0.5, 0.6) is 0 Å². The zero-order valence-corrected chi connectivity index (χ0v) is 10.2. The highest BCUT2D eigenvalue weighted by atomic mass is 19.2. The van der Waals surface area contributed by atoms with E-state index in [0.29, 0.717) is 19.3 Å². The van der Waals surface area contributed by atoms with Gasteiger partial charge in [-0.05, 0) is 18.9 Å². The molecule has 0 bridgehead atoms. The molecule has 1 heterocycles. The van der Waals surface area contributed by atoms with Gasteiger partial charge in [0.15, 0.2) is 11.6 Å². The molecule has 1 fully saturated rings. The van der Waals surface area contributed by atoms with Crippen LogP contribution in [0.2, 0.25) is 0 Å². The highest BCUT2D eigenvalue weighted by Gasteiger charge is 2.32. The van der Waals surface area contributed by atoms with Crippen LogP contribution in [0.1, 0.15) is 30.9 Å². The van der Waals surface area contributed by atoms with Crippen LogP contribution >= 0.6 is 0 Å². The van der Waals surface area contributed by atoms with Crippen molar-refractivity contribution in [1.82, 2.24) is 4.90 Å². The summed E-state index contributed by atoms with van der Waals surface area (Å²) in [4.78, 5) is 13.2. The molecule has 0 spiro atoms. The van der Waals surface area contributed by atoms with Crippen LogP contribution in [-0.2, 0) is 4.79 Å². The molecule has 5 heteroatoms. The fourth-order valence-corrected chi connectivity index (χ4v) is 2.45. The molecule has 1 aromatic carbocycles. The van der Waals surface area contributed by atoms with Crippen LogP contribution < -0.4 is 5.73 Å². The largest absolute Gasteiger partial charge is 0.337 e. The Morgan fingerprint density at radius 2 is 2.11 bits per heavy atom. The Morgan fingerprint density at radius 1 is 1.39 bits per heavy atom. The Kier molecular flexibility index (Phi) is 3.61. The van der Waals surface area contributed by atoms with Crippen molar-refractivity contribution >= 4 is 5.91 Å². The van der Waals surface area contributed by atoms with Crippen LogP contribution in [-0.4, -0.2) is 23.9 Å². The zero-order chi connectivity index (χ0) is 13.3. The van der Waals surface area contributed by atoms with Crippen LogP contribution in [0.3, 0.4) is 0 Å². The summed E-state index contributed by atoms with van der Waals surface area (Å²) in [6.07, 6.45) is 1.70. The molecule has 0 saturated carbocycles. The number of hydrogen-bond acceptors (Lipinski definition) is 2. The van der Waals surface area contributed by atoms with Crippen molar-refractivity contribution in [3.05, 3.63) is 35.4 Å². The normalized spacial score (nSPS) is 25.1. The Morgan fingerprint density at radius 3 is 2.83 bits per heavy atom. The molecule has 1 amide bonds. The Hall–Kier alpha value is -1.49. The average Bonchev–Trinajstić information content (AvgIpc) is 2.45. The van der Waals surface area contributed by atoms with Crippen molar-refractivity contribution in [1.29, 1.82) is 0 Å². The maximum absolute atomic E-state index is 13.8. The predicted octanol–water partition coefficient (Wildman–Crippen LogP) is 1.98. The molecule has 1 aromatic rings. The summed E-state index contributed by atoms with van der Waals surface area (Å²) in [5.41, 5.74) is 6.15. The van der Waals surface area contributed by atoms with E-state index in [-0.39, 0.29) is 17.5 Å². The summed E-state index contributed by atoms with van der Waals surface area (Å²) in [6, 6.07) is 3.00. The smallest absolute Gasteiger partial charge is 0.222 e. The van der Waals surface area contributed by atoms with Gasteiger partial charge in [0, 0.05) is 25.1 Å². The minimum absolute atomic E-state index is 0.0865. The standard InChI is InChI=1S/C13H16F2N2O/c1-17-11(18)7-3-6-10(16)13(17)8-4-2-5-9(14)12(8)15/h2,4-5,10,13H,3,6-7,16H2,1H3. The lowest BCUT2D eigenvalue weighted by molar-refractivity contribution is -0.131. The van der Waals surface area contributed by atoms with E-state index in [1.807, 2.05) is 0 Å². The van der Waals surface area contributed by atoms with Crippen LogP contribution in [0.15, 0.2) is 18.2 Å². The number of nitrogens with two attached hydrogens (primary N) is 1. The molecule has 1 saturated heterocycles. The second kappa shape index (κ2) is 5.02. The van der Waals surface area contributed by atoms with Gasteiger partial charge in [0.25, 0.3) is 0 Å². The van der Waals surface area contributed by atoms with Crippen LogP contribution in [0.25, 0.3) is 0 Å². The lowest BCUT2D eigenvalue weighted by atomic mass is 9.96. The molecule has 2 unspecified atom stereocenters. The van der Waals surface area contributed by atoms with Gasteiger partial charge >= 0.3 is 0 Å². The number of halogens is 2. The highest BCUT2D eigenvalue weighted by Crippen LogP contribution is 2.31. The molecule has 1 aliphatic heterocycles. The predicted molar refractivity (Wildman–Crippen MR) is 63.7 cm³/mol. The van der Waals surface area contributed by atoms with Gasteiger partial charge < -0.3 is 10.6 Å². The summed E-state index contributed by atoms with van der Waals surface area (Å²) >= 11 is 0. The number of carbonyl (C=O) groups excluding carboxylic acids is 1. The second-order valence-corrected chi connectivity index (χ2v) is 4.65. The van der Waals surface area contributed by atoms with E-state index in [1.165, 1.54) is 17.0 Å². The first-order chi connectivity index (χ1) is 8.52. The van der Waals surface area contributed by atoms with E-state index < -0.39 is 17.7 Å². The van der Waals surface area contributed by atoms with Gasteiger partial charge in [0.1, 0.15) is 0 Å². The van der Waals surface area contributed by atoms with E-state index >= 15 is 0 Å². The molecule has 1 aliphatic rings. The van der Waals surface area contributed by atoms with E-state index in [1.54, 1.807) is 7.05 Å². The number of hydrogen-bond donors (Lipinski definition) is 1. The first-order valence-corrected chi connectivity index (χ1v) is 5.97. The summed E-state index contributed by atoms with van der Waals surface area (Å²) in [7, 11) is 1.59. The van der Waals surface area contributed by atoms with Crippen LogP contribution in [0, 0.1) is 11.6 Å². The Bertz CT molecular complexity index is 464. The highest BCUT2D eigenvalue weighted by molar-refractivity contribution is 5.76. The zero-order valence-electron chi connectivity index (χ0n) is 10.2. The van der Waals surface area contributed by atoms with Crippen molar-refractivity contribution in [2.75, 3.05) is 7.05 Å². The molecule has 2 rings (SSSR count). The number of carbonyl (C=O) groups is 1. The molecule has 2 atom stereocenters. The van der Waals surface area contributed by atoms with Gasteiger partial charge in [-0.2, -0.15) is 0 Å². The fourth-order valence-electron chi connectivity index (χ4n) is 2.45. The fraction of sp³-hybridized carbons (Fsp3) is 0.462. The number of nitrogens with zero attached hydrogens (tertiary/aromatic N) is 1. The summed E-state index contributed by atoms with van der Waals surface area (Å²) in [5.74, 6) is -1.92. The third kappa shape index (κ3) is 2.22. The molecular formula is C13H16F2N2O.